The number of H-pyrrole nitrogens is 1. The molecule has 56 heavy (non-hydrogen) atoms. The number of para-hydroxylation sites is 1. The van der Waals surface area contributed by atoms with Crippen LogP contribution >= 0.6 is 0 Å². The summed E-state index contributed by atoms with van der Waals surface area (Å²) >= 11 is 0. The summed E-state index contributed by atoms with van der Waals surface area (Å²) in [6.45, 7) is 5.25. The number of aromatic nitrogens is 1. The zero-order chi connectivity index (χ0) is 38.9. The molecule has 8 rings (SSSR count). The van der Waals surface area contributed by atoms with Crippen molar-refractivity contribution in [2.45, 2.75) is 70.1 Å². The number of phenolic OH excluding ortho intramolecular Hbond substituents is 1. The number of aromatic amines is 1. The van der Waals surface area contributed by atoms with E-state index in [4.69, 9.17) is 14.2 Å². The second kappa shape index (κ2) is 18.8. The lowest BCUT2D eigenvalue weighted by molar-refractivity contribution is -0.150. The number of unbranched alkanes of at least 4 members (excludes halogenated alkanes) is 1. The van der Waals surface area contributed by atoms with Gasteiger partial charge in [-0.1, -0.05) is 36.4 Å². The van der Waals surface area contributed by atoms with Gasteiger partial charge in [0.2, 0.25) is 5.56 Å². The molecule has 4 aliphatic rings. The topological polar surface area (TPSA) is 154 Å². The second-order valence-electron chi connectivity index (χ2n) is 15.5. The second-order valence-corrected chi connectivity index (χ2v) is 15.5. The highest BCUT2D eigenvalue weighted by atomic mass is 16.6. The van der Waals surface area contributed by atoms with Gasteiger partial charge in [0.1, 0.15) is 17.6 Å². The van der Waals surface area contributed by atoms with Gasteiger partial charge in [-0.25, -0.2) is 4.79 Å². The summed E-state index contributed by atoms with van der Waals surface area (Å²) in [5, 5.41) is 24.6. The average molecular weight is 767 g/mol. The van der Waals surface area contributed by atoms with Crippen LogP contribution in [0.15, 0.2) is 83.7 Å². The Morgan fingerprint density at radius 2 is 1.73 bits per heavy atom. The van der Waals surface area contributed by atoms with Crippen molar-refractivity contribution in [3.63, 3.8) is 0 Å². The van der Waals surface area contributed by atoms with Gasteiger partial charge in [0.15, 0.2) is 0 Å². The molecular weight excluding hydrogens is 713 g/mol. The van der Waals surface area contributed by atoms with Crippen molar-refractivity contribution in [3.8, 4) is 11.5 Å². The number of aromatic hydroxyl groups is 1. The van der Waals surface area contributed by atoms with Gasteiger partial charge in [-0.3, -0.25) is 19.4 Å². The molecule has 1 saturated carbocycles. The van der Waals surface area contributed by atoms with Crippen molar-refractivity contribution in [1.29, 1.82) is 0 Å². The van der Waals surface area contributed by atoms with Crippen LogP contribution in [0.5, 0.6) is 11.5 Å². The molecule has 1 amide bonds. The number of phenols is 1. The first-order valence-corrected chi connectivity index (χ1v) is 20.2. The standard InChI is InChI=1S/C44H54N4O8/c49-38-17-15-36(37-16-18-41(51)46-42(37)38)39(50)26-45-21-4-5-24-54-43(52)33-13-11-30(12-14-33)29-55-35-10-6-7-31(25-35)27-48(34-8-2-1-3-9-34)44(53)56-40-28-47-22-19-32(40)20-23-47/h1-3,6-10,15-18,25,30,32-33,39-40,45,49-50H,4-5,11-14,19-24,26-29H2,(H,46,51)/t30?,33?,39-,40-/m0/s1. The predicted molar refractivity (Wildman–Crippen MR) is 214 cm³/mol. The molecule has 4 heterocycles. The number of rotatable bonds is 16. The number of aliphatic hydroxyl groups excluding tert-OH is 1. The number of pyridine rings is 1. The smallest absolute Gasteiger partial charge is 0.414 e. The van der Waals surface area contributed by atoms with Crippen LogP contribution in [0.1, 0.15) is 68.6 Å². The molecule has 4 aromatic rings. The Hall–Kier alpha value is -4.91. The van der Waals surface area contributed by atoms with Crippen LogP contribution in [0.4, 0.5) is 10.5 Å². The Balaban J connectivity index is 0.795. The number of benzene rings is 3. The van der Waals surface area contributed by atoms with Crippen LogP contribution in [-0.4, -0.2) is 84.2 Å². The lowest BCUT2D eigenvalue weighted by Gasteiger charge is -2.44. The zero-order valence-electron chi connectivity index (χ0n) is 31.9. The number of nitrogens with one attached hydrogen (secondary N) is 2. The molecule has 12 nitrogen and oxygen atoms in total. The van der Waals surface area contributed by atoms with Gasteiger partial charge in [-0.05, 0) is 130 Å². The number of hydrogen-bond acceptors (Lipinski definition) is 10. The summed E-state index contributed by atoms with van der Waals surface area (Å²) in [7, 11) is 0. The summed E-state index contributed by atoms with van der Waals surface area (Å²) in [5.41, 5.74) is 2.36. The number of esters is 1. The first-order chi connectivity index (χ1) is 27.3. The van der Waals surface area contributed by atoms with E-state index < -0.39 is 6.10 Å². The van der Waals surface area contributed by atoms with Gasteiger partial charge in [-0.2, -0.15) is 0 Å². The number of fused-ring (bicyclic) bond motifs is 4. The van der Waals surface area contributed by atoms with Gasteiger partial charge in [-0.15, -0.1) is 0 Å². The molecule has 0 unspecified atom stereocenters. The van der Waals surface area contributed by atoms with E-state index in [0.717, 1.165) is 81.6 Å². The van der Waals surface area contributed by atoms with Crippen LogP contribution in [0.25, 0.3) is 10.9 Å². The van der Waals surface area contributed by atoms with Gasteiger partial charge in [0, 0.05) is 30.2 Å². The van der Waals surface area contributed by atoms with Crippen molar-refractivity contribution < 1.29 is 34.0 Å². The number of nitrogens with zero attached hydrogens (tertiary/aromatic N) is 2. The van der Waals surface area contributed by atoms with E-state index in [1.54, 1.807) is 17.0 Å². The average Bonchev–Trinajstić information content (AvgIpc) is 3.23. The van der Waals surface area contributed by atoms with Gasteiger partial charge >= 0.3 is 12.1 Å². The zero-order valence-corrected chi connectivity index (χ0v) is 31.9. The van der Waals surface area contributed by atoms with Crippen LogP contribution in [0, 0.1) is 17.8 Å². The van der Waals surface area contributed by atoms with Crippen molar-refractivity contribution in [2.75, 3.05) is 50.8 Å². The highest BCUT2D eigenvalue weighted by molar-refractivity contribution is 5.88. The van der Waals surface area contributed by atoms with E-state index in [1.807, 2.05) is 54.6 Å². The Bertz CT molecular complexity index is 1970. The van der Waals surface area contributed by atoms with Crippen molar-refractivity contribution in [3.05, 3.63) is 100 Å². The third kappa shape index (κ3) is 10.1. The number of amides is 1. The Morgan fingerprint density at radius 3 is 2.50 bits per heavy atom. The minimum absolute atomic E-state index is 0.0423. The number of piperidine rings is 3. The third-order valence-corrected chi connectivity index (χ3v) is 11.6. The number of anilines is 1. The molecule has 0 radical (unpaired) electrons. The normalized spacial score (nSPS) is 22.3. The van der Waals surface area contributed by atoms with Crippen LogP contribution in [0.2, 0.25) is 0 Å². The van der Waals surface area contributed by atoms with Crippen molar-refractivity contribution in [2.24, 2.45) is 17.8 Å². The summed E-state index contributed by atoms with van der Waals surface area (Å²) in [4.78, 5) is 44.8. The molecule has 0 spiro atoms. The van der Waals surface area contributed by atoms with Crippen LogP contribution < -0.4 is 20.5 Å². The summed E-state index contributed by atoms with van der Waals surface area (Å²) < 4.78 is 18.0. The third-order valence-electron chi connectivity index (χ3n) is 11.6. The van der Waals surface area contributed by atoms with E-state index in [1.165, 1.54) is 12.1 Å². The van der Waals surface area contributed by atoms with E-state index >= 15 is 0 Å². The van der Waals surface area contributed by atoms with Crippen LogP contribution in [-0.2, 0) is 20.8 Å². The first-order valence-electron chi connectivity index (χ1n) is 20.2. The monoisotopic (exact) mass is 766 g/mol. The SMILES string of the molecule is O=C(OCCCCNC[C@H](O)c1ccc(O)c2[nH]c(=O)ccc12)C1CCC(COc2cccc(CN(C(=O)O[C@H]3CN4CCC3CC4)c3ccccc3)c2)CC1. The fraction of sp³-hybridized carbons (Fsp3) is 0.477. The Labute approximate surface area is 327 Å². The maximum atomic E-state index is 13.6. The highest BCUT2D eigenvalue weighted by Gasteiger charge is 2.37. The molecular formula is C44H54N4O8. The predicted octanol–water partition coefficient (Wildman–Crippen LogP) is 6.30. The molecule has 1 aliphatic carbocycles. The van der Waals surface area contributed by atoms with E-state index in [2.05, 4.69) is 15.2 Å². The number of aliphatic hydroxyl groups is 1. The van der Waals surface area contributed by atoms with E-state index in [9.17, 15) is 24.6 Å². The van der Waals surface area contributed by atoms with Gasteiger partial charge < -0.3 is 34.7 Å². The number of ether oxygens (including phenoxy) is 3. The van der Waals surface area contributed by atoms with E-state index in [-0.39, 0.29) is 35.4 Å². The maximum absolute atomic E-state index is 13.6. The molecule has 3 aromatic carbocycles. The molecule has 298 valence electrons. The van der Waals surface area contributed by atoms with Gasteiger partial charge in [0.25, 0.3) is 0 Å². The fourth-order valence-corrected chi connectivity index (χ4v) is 8.34. The van der Waals surface area contributed by atoms with Crippen LogP contribution in [0.3, 0.4) is 0 Å². The lowest BCUT2D eigenvalue weighted by atomic mass is 9.82. The summed E-state index contributed by atoms with van der Waals surface area (Å²) in [5.74, 6) is 1.28. The maximum Gasteiger partial charge on any atom is 0.414 e. The molecule has 2 bridgehead atoms. The van der Waals surface area contributed by atoms with Crippen molar-refractivity contribution in [1.82, 2.24) is 15.2 Å². The Morgan fingerprint density at radius 1 is 0.929 bits per heavy atom. The molecule has 3 aliphatic heterocycles. The molecule has 12 heteroatoms. The fourth-order valence-electron chi connectivity index (χ4n) is 8.34. The molecule has 1 aromatic heterocycles. The number of carbonyl (C=O) groups is 2. The minimum Gasteiger partial charge on any atom is -0.506 e. The molecule has 4 N–H and O–H groups in total. The highest BCUT2D eigenvalue weighted by Crippen LogP contribution is 2.33. The Kier molecular flexibility index (Phi) is 13.2. The largest absolute Gasteiger partial charge is 0.506 e. The van der Waals surface area contributed by atoms with E-state index in [0.29, 0.717) is 67.6 Å². The first kappa shape index (κ1) is 39.3. The van der Waals surface area contributed by atoms with Crippen molar-refractivity contribution >= 4 is 28.7 Å². The lowest BCUT2D eigenvalue weighted by Crippen LogP contribution is -2.53. The quantitative estimate of drug-likeness (QED) is 0.0755. The van der Waals surface area contributed by atoms with Gasteiger partial charge in [0.05, 0.1) is 37.3 Å². The molecule has 3 saturated heterocycles. The molecule has 4 fully saturated rings. The summed E-state index contributed by atoms with van der Waals surface area (Å²) in [6.07, 6.45) is 5.80. The number of hydrogen-bond donors (Lipinski definition) is 4. The summed E-state index contributed by atoms with van der Waals surface area (Å²) in [6, 6.07) is 23.7. The molecule has 2 atom stereocenters. The number of carbonyl (C=O) groups excluding carboxylic acids is 2. The minimum atomic E-state index is -0.819.